The van der Waals surface area contributed by atoms with E-state index in [0.29, 0.717) is 22.9 Å². The van der Waals surface area contributed by atoms with Gasteiger partial charge in [-0.15, -0.1) is 11.3 Å². The van der Waals surface area contributed by atoms with Crippen LogP contribution < -0.4 is 15.4 Å². The van der Waals surface area contributed by atoms with Crippen LogP contribution in [0.1, 0.15) is 24.4 Å². The quantitative estimate of drug-likeness (QED) is 0.357. The van der Waals surface area contributed by atoms with E-state index in [2.05, 4.69) is 16.0 Å². The minimum absolute atomic E-state index is 0.0137. The van der Waals surface area contributed by atoms with Gasteiger partial charge < -0.3 is 19.9 Å². The molecule has 0 spiro atoms. The number of fused-ring (bicyclic) bond motifs is 1. The van der Waals surface area contributed by atoms with Gasteiger partial charge in [-0.05, 0) is 48.9 Å². The van der Waals surface area contributed by atoms with Gasteiger partial charge in [0.05, 0.1) is 18.1 Å². The first kappa shape index (κ1) is 19.6. The highest BCUT2D eigenvalue weighted by atomic mass is 32.1. The number of aromatic nitrogens is 1. The molecule has 26 heavy (non-hydrogen) atoms. The minimum Gasteiger partial charge on any atom is -0.493 e. The smallest absolute Gasteiger partial charge is 0.162 e. The van der Waals surface area contributed by atoms with Crippen molar-refractivity contribution < 1.29 is 19.9 Å². The second kappa shape index (κ2) is 9.14. The summed E-state index contributed by atoms with van der Waals surface area (Å²) < 4.78 is 11.3. The third-order valence-corrected chi connectivity index (χ3v) is 4.37. The number of nitrogens with zero attached hydrogens (tertiary/aromatic N) is 2. The maximum Gasteiger partial charge on any atom is 0.162 e. The molecule has 2 aromatic heterocycles. The summed E-state index contributed by atoms with van der Waals surface area (Å²) in [6.45, 7) is 3.92. The molecule has 3 rings (SSSR count). The molecule has 138 valence electrons. The predicted octanol–water partition coefficient (Wildman–Crippen LogP) is 3.65. The van der Waals surface area contributed by atoms with Crippen LogP contribution in [0.5, 0.6) is 11.5 Å². The lowest BCUT2D eigenvalue weighted by Gasteiger charge is -2.15. The van der Waals surface area contributed by atoms with Crippen LogP contribution in [-0.4, -0.2) is 34.3 Å². The summed E-state index contributed by atoms with van der Waals surface area (Å²) in [4.78, 5) is 5.28. The average molecular weight is 375 g/mol. The Bertz CT molecular complexity index is 880. The number of hydrogen-bond donors (Lipinski definition) is 3. The number of ether oxygens (including phenoxy) is 2. The highest BCUT2D eigenvalue weighted by molar-refractivity contribution is 7.12. The lowest BCUT2D eigenvalue weighted by atomic mass is 10.0. The number of pyridine rings is 1. The van der Waals surface area contributed by atoms with Crippen LogP contribution in [0.2, 0.25) is 0 Å². The third-order valence-electron chi connectivity index (χ3n) is 3.49. The van der Waals surface area contributed by atoms with Crippen LogP contribution in [0.15, 0.2) is 47.1 Å². The van der Waals surface area contributed by atoms with E-state index in [-0.39, 0.29) is 6.10 Å². The molecule has 1 aromatic carbocycles. The zero-order valence-corrected chi connectivity index (χ0v) is 15.5. The molecule has 8 heteroatoms. The minimum atomic E-state index is 0.0137. The van der Waals surface area contributed by atoms with Crippen LogP contribution in [0.4, 0.5) is 0 Å². The molecule has 0 aliphatic carbocycles. The number of rotatable bonds is 5. The fourth-order valence-electron chi connectivity index (χ4n) is 2.50. The summed E-state index contributed by atoms with van der Waals surface area (Å²) in [6, 6.07) is 9.49. The number of oxime groups is 1. The van der Waals surface area contributed by atoms with E-state index >= 15 is 0 Å². The topological polar surface area (TPSA) is 110 Å². The normalized spacial score (nSPS) is 11.2. The second-order valence-corrected chi connectivity index (χ2v) is 6.42. The van der Waals surface area contributed by atoms with Crippen LogP contribution in [-0.2, 0) is 0 Å². The van der Waals surface area contributed by atoms with E-state index in [1.807, 2.05) is 49.6 Å². The zero-order valence-electron chi connectivity index (χ0n) is 14.7. The summed E-state index contributed by atoms with van der Waals surface area (Å²) in [5.41, 5.74) is 1.05. The molecule has 3 aromatic rings. The summed E-state index contributed by atoms with van der Waals surface area (Å²) in [6.07, 6.45) is 1.71. The summed E-state index contributed by atoms with van der Waals surface area (Å²) >= 11 is 1.49. The van der Waals surface area contributed by atoms with Gasteiger partial charge in [0, 0.05) is 11.6 Å². The molecule has 0 unspecified atom stereocenters. The summed E-state index contributed by atoms with van der Waals surface area (Å²) in [5.74, 6) is 4.80. The van der Waals surface area contributed by atoms with Crippen molar-refractivity contribution in [3.63, 3.8) is 0 Å². The van der Waals surface area contributed by atoms with Crippen LogP contribution in [0.3, 0.4) is 0 Å². The van der Waals surface area contributed by atoms with Crippen LogP contribution in [0, 0.1) is 0 Å². The number of benzene rings is 1. The Balaban J connectivity index is 0.00000117. The predicted molar refractivity (Wildman–Crippen MR) is 102 cm³/mol. The van der Waals surface area contributed by atoms with E-state index in [9.17, 15) is 5.21 Å². The molecule has 7 nitrogen and oxygen atoms in total. The maximum atomic E-state index is 9.52. The molecule has 0 radical (unpaired) electrons. The molecule has 0 fully saturated rings. The first-order valence-corrected chi connectivity index (χ1v) is 8.67. The molecular weight excluding hydrogens is 354 g/mol. The largest absolute Gasteiger partial charge is 0.493 e. The van der Waals surface area contributed by atoms with E-state index in [4.69, 9.17) is 14.7 Å². The number of nitrogens with two attached hydrogens (primary N) is 1. The van der Waals surface area contributed by atoms with Crippen LogP contribution >= 0.6 is 11.3 Å². The Morgan fingerprint density at radius 3 is 2.58 bits per heavy atom. The Morgan fingerprint density at radius 1 is 1.23 bits per heavy atom. The number of hydrogen-bond acceptors (Lipinski definition) is 8. The zero-order chi connectivity index (χ0) is 19.1. The number of methoxy groups -OCH3 is 1. The molecule has 0 saturated heterocycles. The molecular formula is C18H21N3O4S. The van der Waals surface area contributed by atoms with Gasteiger partial charge in [0.2, 0.25) is 0 Å². The first-order valence-electron chi connectivity index (χ1n) is 7.79. The molecule has 0 atom stereocenters. The van der Waals surface area contributed by atoms with Crippen molar-refractivity contribution in [1.29, 1.82) is 0 Å². The molecule has 4 N–H and O–H groups in total. The van der Waals surface area contributed by atoms with Crippen LogP contribution in [0.25, 0.3) is 10.8 Å². The van der Waals surface area contributed by atoms with Gasteiger partial charge in [0.25, 0.3) is 0 Å². The Hall–Kier alpha value is -2.68. The van der Waals surface area contributed by atoms with E-state index < -0.39 is 0 Å². The van der Waals surface area contributed by atoms with Gasteiger partial charge >= 0.3 is 0 Å². The number of thiophene rings is 1. The van der Waals surface area contributed by atoms with Gasteiger partial charge in [0.1, 0.15) is 11.4 Å². The van der Waals surface area contributed by atoms with Gasteiger partial charge in [-0.2, -0.15) is 0 Å². The highest BCUT2D eigenvalue weighted by Crippen LogP contribution is 2.34. The Labute approximate surface area is 155 Å². The van der Waals surface area contributed by atoms with Crippen molar-refractivity contribution in [2.24, 2.45) is 11.1 Å². The molecule has 0 bridgehead atoms. The lowest BCUT2D eigenvalue weighted by molar-refractivity contribution is 0.230. The monoisotopic (exact) mass is 375 g/mol. The van der Waals surface area contributed by atoms with E-state index in [1.54, 1.807) is 13.3 Å². The Kier molecular flexibility index (Phi) is 6.90. The summed E-state index contributed by atoms with van der Waals surface area (Å²) in [5, 5.41) is 23.2. The lowest BCUT2D eigenvalue weighted by Crippen LogP contribution is -2.08. The molecule has 0 aliphatic rings. The maximum absolute atomic E-state index is 9.52. The fraction of sp³-hybridized carbons (Fsp3) is 0.222. The second-order valence-electron chi connectivity index (χ2n) is 5.48. The van der Waals surface area contributed by atoms with Crippen molar-refractivity contribution in [2.45, 2.75) is 20.0 Å². The van der Waals surface area contributed by atoms with Crippen molar-refractivity contribution >= 4 is 27.8 Å². The average Bonchev–Trinajstić information content (AvgIpc) is 3.18. The van der Waals surface area contributed by atoms with E-state index in [0.717, 1.165) is 15.6 Å². The standard InChI is InChI=1S/C18H18N2O3S.H3NO/c1-11(2)23-15-10-13-12(9-14(15)22-3)6-7-19-17(13)18(20-21)16-5-4-8-24-16;1-2/h4-11,21H,1-3H3;2H,1H2. The van der Waals surface area contributed by atoms with Crippen molar-refractivity contribution in [3.8, 4) is 11.5 Å². The third kappa shape index (κ3) is 4.10. The van der Waals surface area contributed by atoms with Crippen molar-refractivity contribution in [3.05, 3.63) is 52.5 Å². The molecule has 0 aliphatic heterocycles. The fourth-order valence-corrected chi connectivity index (χ4v) is 3.21. The van der Waals surface area contributed by atoms with Gasteiger partial charge in [-0.3, -0.25) is 4.98 Å². The molecule has 2 heterocycles. The molecule has 0 amide bonds. The SMILES string of the molecule is COc1cc2ccnc(C(=NO)c3cccs3)c2cc1OC(C)C.NO. The van der Waals surface area contributed by atoms with Gasteiger partial charge in [-0.1, -0.05) is 11.2 Å². The van der Waals surface area contributed by atoms with Crippen molar-refractivity contribution in [2.75, 3.05) is 7.11 Å². The van der Waals surface area contributed by atoms with Gasteiger partial charge in [-0.25, -0.2) is 5.90 Å². The summed E-state index contributed by atoms with van der Waals surface area (Å²) in [7, 11) is 1.61. The van der Waals surface area contributed by atoms with Gasteiger partial charge in [0.15, 0.2) is 11.5 Å². The first-order chi connectivity index (χ1) is 12.6. The Morgan fingerprint density at radius 2 is 2.00 bits per heavy atom. The van der Waals surface area contributed by atoms with Crippen molar-refractivity contribution in [1.82, 2.24) is 4.98 Å². The highest BCUT2D eigenvalue weighted by Gasteiger charge is 2.17. The van der Waals surface area contributed by atoms with E-state index in [1.165, 1.54) is 11.3 Å². The molecule has 0 saturated carbocycles.